The number of anilines is 1. The minimum Gasteiger partial charge on any atom is -0.494 e. The lowest BCUT2D eigenvalue weighted by Crippen LogP contribution is -2.31. The van der Waals surface area contributed by atoms with Gasteiger partial charge in [0.25, 0.3) is 0 Å². The monoisotopic (exact) mass is 569 g/mol. The molecule has 0 saturated heterocycles. The molecular formula is C31H31N5O4S. The van der Waals surface area contributed by atoms with Gasteiger partial charge in [-0.15, -0.1) is 11.3 Å². The van der Waals surface area contributed by atoms with Crippen LogP contribution in [0.2, 0.25) is 0 Å². The standard InChI is InChI=1S/C31H31N5O4S/c1-19(37)36(15-5-14-35(2)3)23-10-8-22(9-11-23)33-29(20-7-13-27-26(16-20)32-18-41-27)28-24-12-6-21(31(39)40-4)17-25(24)34-30(28)38/h6-13,16-18,34,38H,5,14-15H2,1-4H3. The normalized spacial score (nSPS) is 11.9. The molecule has 0 saturated carbocycles. The van der Waals surface area contributed by atoms with Crippen LogP contribution in [-0.2, 0) is 9.53 Å². The van der Waals surface area contributed by atoms with Gasteiger partial charge in [0.1, 0.15) is 0 Å². The fourth-order valence-electron chi connectivity index (χ4n) is 4.79. The third kappa shape index (κ3) is 5.98. The molecule has 0 aliphatic carbocycles. The number of fused-ring (bicyclic) bond motifs is 2. The third-order valence-corrected chi connectivity index (χ3v) is 7.62. The second-order valence-electron chi connectivity index (χ2n) is 9.94. The van der Waals surface area contributed by atoms with Gasteiger partial charge in [-0.2, -0.15) is 0 Å². The predicted octanol–water partition coefficient (Wildman–Crippen LogP) is 5.74. The minimum atomic E-state index is -0.466. The molecule has 1 amide bonds. The van der Waals surface area contributed by atoms with Gasteiger partial charge in [-0.3, -0.25) is 4.79 Å². The molecule has 0 spiro atoms. The number of esters is 1. The molecule has 0 bridgehead atoms. The lowest BCUT2D eigenvalue weighted by atomic mass is 9.99. The highest BCUT2D eigenvalue weighted by Gasteiger charge is 2.21. The van der Waals surface area contributed by atoms with Crippen molar-refractivity contribution in [2.75, 3.05) is 39.2 Å². The number of hydrogen-bond acceptors (Lipinski definition) is 8. The highest BCUT2D eigenvalue weighted by molar-refractivity contribution is 7.16. The van der Waals surface area contributed by atoms with E-state index in [1.807, 2.05) is 56.6 Å². The first kappa shape index (κ1) is 28.0. The molecule has 41 heavy (non-hydrogen) atoms. The maximum Gasteiger partial charge on any atom is 0.337 e. The molecule has 2 heterocycles. The van der Waals surface area contributed by atoms with Gasteiger partial charge < -0.3 is 24.6 Å². The SMILES string of the molecule is COC(=O)c1ccc2c(C(=Nc3ccc(N(CCCN(C)C)C(C)=O)cc3)c3ccc4scnc4c3)c(O)[nH]c2c1. The molecule has 9 nitrogen and oxygen atoms in total. The van der Waals surface area contributed by atoms with E-state index in [0.717, 1.165) is 34.4 Å². The van der Waals surface area contributed by atoms with Crippen LogP contribution >= 0.6 is 11.3 Å². The fraction of sp³-hybridized carbons (Fsp3) is 0.226. The van der Waals surface area contributed by atoms with E-state index in [4.69, 9.17) is 9.73 Å². The lowest BCUT2D eigenvalue weighted by Gasteiger charge is -2.22. The molecule has 10 heteroatoms. The summed E-state index contributed by atoms with van der Waals surface area (Å²) in [6.45, 7) is 3.07. The number of nitrogens with zero attached hydrogens (tertiary/aromatic N) is 4. The second-order valence-corrected chi connectivity index (χ2v) is 10.8. The lowest BCUT2D eigenvalue weighted by molar-refractivity contribution is -0.116. The summed E-state index contributed by atoms with van der Waals surface area (Å²) in [4.78, 5) is 40.8. The number of aromatic nitrogens is 2. The Morgan fingerprint density at radius 1 is 1.02 bits per heavy atom. The van der Waals surface area contributed by atoms with Gasteiger partial charge in [0.15, 0.2) is 5.88 Å². The summed E-state index contributed by atoms with van der Waals surface area (Å²) < 4.78 is 5.90. The molecule has 5 rings (SSSR count). The first-order valence-corrected chi connectivity index (χ1v) is 14.0. The van der Waals surface area contributed by atoms with Crippen LogP contribution in [0.3, 0.4) is 0 Å². The fourth-order valence-corrected chi connectivity index (χ4v) is 5.45. The maximum atomic E-state index is 12.4. The number of nitrogens with one attached hydrogen (secondary N) is 1. The first-order valence-electron chi connectivity index (χ1n) is 13.1. The Morgan fingerprint density at radius 3 is 2.49 bits per heavy atom. The number of aliphatic imine (C=N–C) groups is 1. The number of ether oxygens (including phenoxy) is 1. The predicted molar refractivity (Wildman–Crippen MR) is 164 cm³/mol. The highest BCUT2D eigenvalue weighted by Crippen LogP contribution is 2.33. The number of benzene rings is 3. The summed E-state index contributed by atoms with van der Waals surface area (Å²) in [6.07, 6.45) is 0.854. The number of aromatic amines is 1. The zero-order valence-electron chi connectivity index (χ0n) is 23.3. The number of rotatable bonds is 9. The van der Waals surface area contributed by atoms with Gasteiger partial charge in [-0.1, -0.05) is 12.1 Å². The highest BCUT2D eigenvalue weighted by atomic mass is 32.1. The van der Waals surface area contributed by atoms with Crippen molar-refractivity contribution in [3.05, 3.63) is 82.9 Å². The van der Waals surface area contributed by atoms with Gasteiger partial charge in [0.05, 0.1) is 45.4 Å². The summed E-state index contributed by atoms with van der Waals surface area (Å²) >= 11 is 1.55. The average Bonchev–Trinajstić information content (AvgIpc) is 3.56. The average molecular weight is 570 g/mol. The van der Waals surface area contributed by atoms with E-state index in [9.17, 15) is 14.7 Å². The molecule has 0 fully saturated rings. The van der Waals surface area contributed by atoms with Crippen molar-refractivity contribution in [3.8, 4) is 5.88 Å². The topological polar surface area (TPSA) is 111 Å². The quantitative estimate of drug-likeness (QED) is 0.173. The van der Waals surface area contributed by atoms with Crippen molar-refractivity contribution >= 4 is 61.4 Å². The number of amides is 1. The second kappa shape index (κ2) is 11.9. The van der Waals surface area contributed by atoms with E-state index in [0.29, 0.717) is 40.0 Å². The molecule has 5 aromatic rings. The van der Waals surface area contributed by atoms with Crippen molar-refractivity contribution in [1.29, 1.82) is 0 Å². The molecule has 2 aromatic heterocycles. The maximum absolute atomic E-state index is 12.4. The zero-order valence-corrected chi connectivity index (χ0v) is 24.2. The third-order valence-electron chi connectivity index (χ3n) is 6.81. The number of hydrogen-bond donors (Lipinski definition) is 2. The Bertz CT molecular complexity index is 1750. The number of H-pyrrole nitrogens is 1. The molecule has 3 aromatic carbocycles. The molecule has 0 atom stereocenters. The van der Waals surface area contributed by atoms with Crippen LogP contribution in [0.25, 0.3) is 21.1 Å². The summed E-state index contributed by atoms with van der Waals surface area (Å²) in [5.41, 5.74) is 6.83. The minimum absolute atomic E-state index is 0.0210. The van der Waals surface area contributed by atoms with Crippen LogP contribution in [0.1, 0.15) is 34.8 Å². The number of aromatic hydroxyl groups is 1. The van der Waals surface area contributed by atoms with Gasteiger partial charge in [0, 0.05) is 35.6 Å². The Morgan fingerprint density at radius 2 is 1.78 bits per heavy atom. The van der Waals surface area contributed by atoms with Crippen LogP contribution in [-0.4, -0.2) is 71.9 Å². The summed E-state index contributed by atoms with van der Waals surface area (Å²) in [5.74, 6) is -0.557. The number of carbonyl (C=O) groups is 2. The largest absolute Gasteiger partial charge is 0.494 e. The smallest absolute Gasteiger partial charge is 0.337 e. The van der Waals surface area contributed by atoms with E-state index in [1.54, 1.807) is 46.9 Å². The van der Waals surface area contributed by atoms with Crippen molar-refractivity contribution in [1.82, 2.24) is 14.9 Å². The summed E-state index contributed by atoms with van der Waals surface area (Å²) in [5, 5.41) is 11.8. The van der Waals surface area contributed by atoms with Gasteiger partial charge in [0.2, 0.25) is 5.91 Å². The molecule has 0 radical (unpaired) electrons. The molecular weight excluding hydrogens is 538 g/mol. The molecule has 0 aliphatic rings. The van der Waals surface area contributed by atoms with Gasteiger partial charge >= 0.3 is 5.97 Å². The van der Waals surface area contributed by atoms with Crippen molar-refractivity contribution in [3.63, 3.8) is 0 Å². The van der Waals surface area contributed by atoms with Crippen LogP contribution in [0.4, 0.5) is 11.4 Å². The Hall–Kier alpha value is -4.54. The molecule has 0 aliphatic heterocycles. The van der Waals surface area contributed by atoms with E-state index < -0.39 is 5.97 Å². The molecule has 2 N–H and O–H groups in total. The molecule has 210 valence electrons. The van der Waals surface area contributed by atoms with Crippen LogP contribution in [0, 0.1) is 0 Å². The van der Waals surface area contributed by atoms with Gasteiger partial charge in [-0.25, -0.2) is 14.8 Å². The number of carbonyl (C=O) groups excluding carboxylic acids is 2. The number of methoxy groups -OCH3 is 1. The summed E-state index contributed by atoms with van der Waals surface area (Å²) in [7, 11) is 5.35. The Balaban J connectivity index is 1.58. The van der Waals surface area contributed by atoms with E-state index in [2.05, 4.69) is 14.9 Å². The Kier molecular flexibility index (Phi) is 8.14. The van der Waals surface area contributed by atoms with Crippen LogP contribution in [0.15, 0.2) is 71.2 Å². The Labute approximate surface area is 241 Å². The van der Waals surface area contributed by atoms with E-state index >= 15 is 0 Å². The summed E-state index contributed by atoms with van der Waals surface area (Å²) in [6, 6.07) is 18.5. The van der Waals surface area contributed by atoms with Crippen molar-refractivity contribution in [2.45, 2.75) is 13.3 Å². The van der Waals surface area contributed by atoms with Gasteiger partial charge in [-0.05, 0) is 75.6 Å². The van der Waals surface area contributed by atoms with Crippen LogP contribution in [0.5, 0.6) is 5.88 Å². The number of thiazole rings is 1. The zero-order chi connectivity index (χ0) is 29.1. The van der Waals surface area contributed by atoms with Crippen molar-refractivity contribution < 1.29 is 19.4 Å². The van der Waals surface area contributed by atoms with Crippen molar-refractivity contribution in [2.24, 2.45) is 4.99 Å². The van der Waals surface area contributed by atoms with E-state index in [1.165, 1.54) is 7.11 Å². The van der Waals surface area contributed by atoms with E-state index in [-0.39, 0.29) is 11.8 Å². The van der Waals surface area contributed by atoms with Crippen LogP contribution < -0.4 is 4.90 Å². The molecule has 0 unspecified atom stereocenters. The first-order chi connectivity index (χ1) is 19.7.